The highest BCUT2D eigenvalue weighted by molar-refractivity contribution is 5.94. The summed E-state index contributed by atoms with van der Waals surface area (Å²) in [5, 5.41) is 3.13. The zero-order valence-corrected chi connectivity index (χ0v) is 14.9. The van der Waals surface area contributed by atoms with E-state index < -0.39 is 0 Å². The molecular weight excluding hydrogens is 312 g/mol. The van der Waals surface area contributed by atoms with Crippen LogP contribution < -0.4 is 11.1 Å². The van der Waals surface area contributed by atoms with Crippen molar-refractivity contribution in [1.82, 2.24) is 5.32 Å². The number of aryl methyl sites for hydroxylation is 1. The van der Waals surface area contributed by atoms with Crippen LogP contribution in [0.5, 0.6) is 0 Å². The number of nitrogens with two attached hydrogens (primary N) is 1. The lowest BCUT2D eigenvalue weighted by molar-refractivity contribution is 0.0901. The summed E-state index contributed by atoms with van der Waals surface area (Å²) in [5.74, 6) is 0.458. The third-order valence-electron chi connectivity index (χ3n) is 3.76. The van der Waals surface area contributed by atoms with E-state index >= 15 is 0 Å². The number of carbonyl (C=O) groups excluding carboxylic acids is 1. The molecule has 1 aromatic carbocycles. The second-order valence-corrected chi connectivity index (χ2v) is 6.63. The fourth-order valence-corrected chi connectivity index (χ4v) is 2.49. The Morgan fingerprint density at radius 2 is 1.96 bits per heavy atom. The summed E-state index contributed by atoms with van der Waals surface area (Å²) in [6.07, 6.45) is 1.45. The number of rotatable bonds is 4. The Morgan fingerprint density at radius 1 is 1.30 bits per heavy atom. The van der Waals surface area contributed by atoms with E-state index in [1.807, 2.05) is 12.1 Å². The van der Waals surface area contributed by atoms with Gasteiger partial charge in [0.2, 0.25) is 0 Å². The average Bonchev–Trinajstić information content (AvgIpc) is 2.93. The quantitative estimate of drug-likeness (QED) is 0.887. The summed E-state index contributed by atoms with van der Waals surface area (Å²) in [7, 11) is 0. The molecule has 23 heavy (non-hydrogen) atoms. The largest absolute Gasteiger partial charge is 0.467 e. The number of carbonyl (C=O) groups is 1. The van der Waals surface area contributed by atoms with Gasteiger partial charge < -0.3 is 15.5 Å². The monoisotopic (exact) mass is 336 g/mol. The number of furan rings is 1. The van der Waals surface area contributed by atoms with Crippen LogP contribution in [-0.2, 0) is 6.54 Å². The van der Waals surface area contributed by atoms with Gasteiger partial charge in [0.15, 0.2) is 0 Å². The summed E-state index contributed by atoms with van der Waals surface area (Å²) in [5.41, 5.74) is 8.21. The molecule has 0 spiro atoms. The first-order valence-corrected chi connectivity index (χ1v) is 7.47. The van der Waals surface area contributed by atoms with Crippen LogP contribution in [0.4, 0.5) is 0 Å². The number of nitrogens with one attached hydrogen (secondary N) is 1. The minimum Gasteiger partial charge on any atom is -0.467 e. The molecule has 0 bridgehead atoms. The number of amides is 1. The molecule has 0 saturated carbocycles. The van der Waals surface area contributed by atoms with Gasteiger partial charge in [-0.05, 0) is 29.5 Å². The van der Waals surface area contributed by atoms with Crippen molar-refractivity contribution >= 4 is 18.3 Å². The highest BCUT2D eigenvalue weighted by Gasteiger charge is 2.29. The fourth-order valence-electron chi connectivity index (χ4n) is 2.49. The van der Waals surface area contributed by atoms with Crippen LogP contribution in [0, 0.1) is 12.3 Å². The maximum atomic E-state index is 12.5. The standard InChI is InChI=1S/C18H24N2O2.ClH/c1-12-7-5-6-8-15(12)16(18(2,3)4)20-17(21)13-9-14(10-19)22-11-13;/h5-9,11,16H,10,19H2,1-4H3,(H,20,21);1H. The third kappa shape index (κ3) is 4.60. The molecule has 2 rings (SSSR count). The summed E-state index contributed by atoms with van der Waals surface area (Å²) >= 11 is 0. The Bertz CT molecular complexity index is 659. The molecule has 126 valence electrons. The van der Waals surface area contributed by atoms with Crippen molar-refractivity contribution < 1.29 is 9.21 Å². The van der Waals surface area contributed by atoms with E-state index in [2.05, 4.69) is 45.1 Å². The van der Waals surface area contributed by atoms with Gasteiger partial charge in [0.25, 0.3) is 5.91 Å². The number of halogens is 1. The van der Waals surface area contributed by atoms with Crippen LogP contribution in [0.15, 0.2) is 41.0 Å². The smallest absolute Gasteiger partial charge is 0.255 e. The summed E-state index contributed by atoms with van der Waals surface area (Å²) in [6.45, 7) is 8.69. The van der Waals surface area contributed by atoms with Crippen molar-refractivity contribution in [2.75, 3.05) is 0 Å². The van der Waals surface area contributed by atoms with E-state index in [0.29, 0.717) is 11.3 Å². The molecule has 1 heterocycles. The van der Waals surface area contributed by atoms with E-state index in [1.165, 1.54) is 6.26 Å². The molecule has 0 aliphatic heterocycles. The molecule has 0 radical (unpaired) electrons. The fraction of sp³-hybridized carbons (Fsp3) is 0.389. The number of hydrogen-bond acceptors (Lipinski definition) is 3. The van der Waals surface area contributed by atoms with Crippen LogP contribution in [-0.4, -0.2) is 5.91 Å². The first-order chi connectivity index (χ1) is 10.3. The van der Waals surface area contributed by atoms with Gasteiger partial charge in [-0.25, -0.2) is 0 Å². The predicted molar refractivity (Wildman–Crippen MR) is 94.7 cm³/mol. The first kappa shape index (κ1) is 19.3. The van der Waals surface area contributed by atoms with E-state index in [1.54, 1.807) is 6.07 Å². The zero-order chi connectivity index (χ0) is 16.3. The molecule has 4 nitrogen and oxygen atoms in total. The van der Waals surface area contributed by atoms with Crippen LogP contribution in [0.2, 0.25) is 0 Å². The van der Waals surface area contributed by atoms with Crippen molar-refractivity contribution in [3.63, 3.8) is 0 Å². The Kier molecular flexibility index (Phi) is 6.42. The molecule has 1 aromatic heterocycles. The molecule has 0 aliphatic carbocycles. The normalized spacial score (nSPS) is 12.4. The van der Waals surface area contributed by atoms with Gasteiger partial charge in [0.05, 0.1) is 18.2 Å². The zero-order valence-electron chi connectivity index (χ0n) is 14.1. The average molecular weight is 337 g/mol. The van der Waals surface area contributed by atoms with Crippen molar-refractivity contribution in [1.29, 1.82) is 0 Å². The maximum Gasteiger partial charge on any atom is 0.255 e. The Labute approximate surface area is 143 Å². The molecule has 1 unspecified atom stereocenters. The lowest BCUT2D eigenvalue weighted by Gasteiger charge is -2.33. The maximum absolute atomic E-state index is 12.5. The molecule has 2 aromatic rings. The highest BCUT2D eigenvalue weighted by Crippen LogP contribution is 2.34. The van der Waals surface area contributed by atoms with Crippen molar-refractivity contribution in [3.05, 3.63) is 59.0 Å². The van der Waals surface area contributed by atoms with Gasteiger partial charge in [0.1, 0.15) is 12.0 Å². The van der Waals surface area contributed by atoms with Gasteiger partial charge in [-0.15, -0.1) is 12.4 Å². The van der Waals surface area contributed by atoms with E-state index in [-0.39, 0.29) is 36.3 Å². The Hall–Kier alpha value is -1.78. The van der Waals surface area contributed by atoms with Crippen molar-refractivity contribution in [3.8, 4) is 0 Å². The SMILES string of the molecule is Cc1ccccc1C(NC(=O)c1coc(CN)c1)C(C)(C)C.Cl. The van der Waals surface area contributed by atoms with Crippen molar-refractivity contribution in [2.45, 2.75) is 40.3 Å². The van der Waals surface area contributed by atoms with Gasteiger partial charge in [-0.3, -0.25) is 4.79 Å². The molecule has 3 N–H and O–H groups in total. The molecule has 0 fully saturated rings. The van der Waals surface area contributed by atoms with Crippen LogP contribution in [0.25, 0.3) is 0 Å². The van der Waals surface area contributed by atoms with Crippen LogP contribution >= 0.6 is 12.4 Å². The lowest BCUT2D eigenvalue weighted by Crippen LogP contribution is -2.36. The molecule has 0 saturated heterocycles. The van der Waals surface area contributed by atoms with Crippen molar-refractivity contribution in [2.24, 2.45) is 11.1 Å². The predicted octanol–water partition coefficient (Wildman–Crippen LogP) is 3.99. The lowest BCUT2D eigenvalue weighted by atomic mass is 9.80. The van der Waals surface area contributed by atoms with E-state index in [4.69, 9.17) is 10.2 Å². The topological polar surface area (TPSA) is 68.3 Å². The Morgan fingerprint density at radius 3 is 2.48 bits per heavy atom. The minimum atomic E-state index is -0.147. The molecule has 1 atom stereocenters. The van der Waals surface area contributed by atoms with E-state index in [9.17, 15) is 4.79 Å². The number of benzene rings is 1. The molecule has 1 amide bonds. The van der Waals surface area contributed by atoms with Gasteiger partial charge in [-0.2, -0.15) is 0 Å². The van der Waals surface area contributed by atoms with Crippen LogP contribution in [0.3, 0.4) is 0 Å². The number of hydrogen-bond donors (Lipinski definition) is 2. The summed E-state index contributed by atoms with van der Waals surface area (Å²) in [6, 6.07) is 9.73. The van der Waals surface area contributed by atoms with Gasteiger partial charge in [0, 0.05) is 0 Å². The first-order valence-electron chi connectivity index (χ1n) is 7.47. The summed E-state index contributed by atoms with van der Waals surface area (Å²) in [4.78, 5) is 12.5. The second-order valence-electron chi connectivity index (χ2n) is 6.63. The van der Waals surface area contributed by atoms with Gasteiger partial charge >= 0.3 is 0 Å². The summed E-state index contributed by atoms with van der Waals surface area (Å²) < 4.78 is 5.25. The van der Waals surface area contributed by atoms with E-state index in [0.717, 1.165) is 11.1 Å². The van der Waals surface area contributed by atoms with Gasteiger partial charge in [-0.1, -0.05) is 45.0 Å². The Balaban J connectivity index is 0.00000264. The molecular formula is C18H25ClN2O2. The van der Waals surface area contributed by atoms with Crippen LogP contribution in [0.1, 0.15) is 54.1 Å². The molecule has 0 aliphatic rings. The second kappa shape index (κ2) is 7.66. The molecule has 5 heteroatoms. The third-order valence-corrected chi connectivity index (χ3v) is 3.76. The minimum absolute atomic E-state index is 0. The highest BCUT2D eigenvalue weighted by atomic mass is 35.5.